The van der Waals surface area contributed by atoms with Crippen LogP contribution < -0.4 is 11.1 Å². The van der Waals surface area contributed by atoms with Crippen molar-refractivity contribution in [3.05, 3.63) is 35.7 Å². The Morgan fingerprint density at radius 2 is 1.93 bits per heavy atom. The highest BCUT2D eigenvalue weighted by atomic mass is 35.5. The molecule has 1 fully saturated rings. The van der Waals surface area contributed by atoms with Gasteiger partial charge < -0.3 is 15.6 Å². The van der Waals surface area contributed by atoms with E-state index in [0.29, 0.717) is 35.3 Å². The minimum atomic E-state index is -0.218. The molecule has 2 aromatic rings. The molecule has 1 atom stereocenters. The van der Waals surface area contributed by atoms with Crippen LogP contribution in [0, 0.1) is 5.92 Å². The molecule has 154 valence electrons. The van der Waals surface area contributed by atoms with Gasteiger partial charge in [-0.3, -0.25) is 4.79 Å². The first-order valence-corrected chi connectivity index (χ1v) is 9.84. The molecule has 3 N–H and O–H groups in total. The average Bonchev–Trinajstić information content (AvgIpc) is 3.17. The van der Waals surface area contributed by atoms with E-state index in [4.69, 9.17) is 10.3 Å². The summed E-state index contributed by atoms with van der Waals surface area (Å²) >= 11 is 0. The van der Waals surface area contributed by atoms with E-state index in [1.807, 2.05) is 39.0 Å². The molecule has 3 rings (SSSR count). The minimum absolute atomic E-state index is 0. The van der Waals surface area contributed by atoms with E-state index in [0.717, 1.165) is 12.8 Å². The standard InChI is InChI=1S/C21H30N4O2.ClH/c1-21(2,3)20-24-19(27-25-20)16-12-8-7-11-15(16)18(26)23-17(13-22)14-9-5-4-6-10-14;/h7-8,11-12,14,17H,4-6,9-10,13,22H2,1-3H3,(H,23,26);1H. The molecule has 1 aromatic carbocycles. The Morgan fingerprint density at radius 1 is 1.25 bits per heavy atom. The summed E-state index contributed by atoms with van der Waals surface area (Å²) < 4.78 is 5.45. The fraction of sp³-hybridized carbons (Fsp3) is 0.571. The van der Waals surface area contributed by atoms with Crippen molar-refractivity contribution in [2.45, 2.75) is 64.3 Å². The summed E-state index contributed by atoms with van der Waals surface area (Å²) in [6, 6.07) is 7.35. The zero-order valence-electron chi connectivity index (χ0n) is 16.9. The molecule has 7 heteroatoms. The van der Waals surface area contributed by atoms with Gasteiger partial charge in [-0.15, -0.1) is 12.4 Å². The van der Waals surface area contributed by atoms with E-state index in [1.54, 1.807) is 6.07 Å². The van der Waals surface area contributed by atoms with Crippen LogP contribution in [0.15, 0.2) is 28.8 Å². The summed E-state index contributed by atoms with van der Waals surface area (Å²) in [4.78, 5) is 17.5. The number of nitrogens with zero attached hydrogens (tertiary/aromatic N) is 2. The van der Waals surface area contributed by atoms with Gasteiger partial charge in [0.25, 0.3) is 11.8 Å². The van der Waals surface area contributed by atoms with Gasteiger partial charge in [-0.05, 0) is 30.9 Å². The van der Waals surface area contributed by atoms with E-state index in [9.17, 15) is 4.79 Å². The first-order chi connectivity index (χ1) is 12.9. The number of hydrogen-bond donors (Lipinski definition) is 2. The number of carbonyl (C=O) groups is 1. The molecule has 1 aromatic heterocycles. The quantitative estimate of drug-likeness (QED) is 0.779. The van der Waals surface area contributed by atoms with Crippen molar-refractivity contribution in [2.75, 3.05) is 6.54 Å². The van der Waals surface area contributed by atoms with Crippen LogP contribution in [0.3, 0.4) is 0 Å². The molecule has 1 aliphatic rings. The summed E-state index contributed by atoms with van der Waals surface area (Å²) in [5.41, 5.74) is 6.95. The third-order valence-corrected chi connectivity index (χ3v) is 5.29. The zero-order chi connectivity index (χ0) is 19.4. The van der Waals surface area contributed by atoms with Crippen LogP contribution >= 0.6 is 12.4 Å². The molecule has 28 heavy (non-hydrogen) atoms. The SMILES string of the molecule is CC(C)(C)c1noc(-c2ccccc2C(=O)NC(CN)C2CCCCC2)n1.Cl. The second-order valence-electron chi connectivity index (χ2n) is 8.43. The van der Waals surface area contributed by atoms with Crippen LogP contribution in [-0.4, -0.2) is 28.6 Å². The van der Waals surface area contributed by atoms with Gasteiger partial charge in [0.2, 0.25) is 0 Å². The molecule has 0 saturated heterocycles. The van der Waals surface area contributed by atoms with E-state index in [-0.39, 0.29) is 29.8 Å². The molecule has 1 saturated carbocycles. The van der Waals surface area contributed by atoms with Crippen molar-refractivity contribution in [2.24, 2.45) is 11.7 Å². The van der Waals surface area contributed by atoms with Gasteiger partial charge >= 0.3 is 0 Å². The molecule has 1 amide bonds. The predicted molar refractivity (Wildman–Crippen MR) is 113 cm³/mol. The van der Waals surface area contributed by atoms with Crippen LogP contribution in [-0.2, 0) is 5.41 Å². The number of benzene rings is 1. The number of carbonyl (C=O) groups excluding carboxylic acids is 1. The number of hydrogen-bond acceptors (Lipinski definition) is 5. The lowest BCUT2D eigenvalue weighted by Crippen LogP contribution is -2.46. The number of rotatable bonds is 5. The fourth-order valence-electron chi connectivity index (χ4n) is 3.66. The van der Waals surface area contributed by atoms with Crippen LogP contribution in [0.5, 0.6) is 0 Å². The van der Waals surface area contributed by atoms with E-state index in [1.165, 1.54) is 19.3 Å². The lowest BCUT2D eigenvalue weighted by atomic mass is 9.83. The molecular formula is C21H31ClN4O2. The van der Waals surface area contributed by atoms with Crippen molar-refractivity contribution in [3.8, 4) is 11.5 Å². The summed E-state index contributed by atoms with van der Waals surface area (Å²) in [6.07, 6.45) is 5.96. The zero-order valence-corrected chi connectivity index (χ0v) is 17.7. The molecule has 0 spiro atoms. The normalized spacial score (nSPS) is 16.3. The Labute approximate surface area is 173 Å². The number of nitrogens with one attached hydrogen (secondary N) is 1. The van der Waals surface area contributed by atoms with Crippen molar-refractivity contribution in [1.82, 2.24) is 15.5 Å². The molecule has 0 aliphatic heterocycles. The highest BCUT2D eigenvalue weighted by molar-refractivity contribution is 6.00. The van der Waals surface area contributed by atoms with Gasteiger partial charge in [0.05, 0.1) is 11.1 Å². The second kappa shape index (κ2) is 9.52. The third-order valence-electron chi connectivity index (χ3n) is 5.29. The Hall–Kier alpha value is -1.92. The lowest BCUT2D eigenvalue weighted by Gasteiger charge is -2.30. The minimum Gasteiger partial charge on any atom is -0.348 e. The molecule has 1 heterocycles. The first kappa shape index (κ1) is 22.4. The average molecular weight is 407 g/mol. The van der Waals surface area contributed by atoms with Crippen LogP contribution in [0.1, 0.15) is 69.1 Å². The third kappa shape index (κ3) is 5.11. The van der Waals surface area contributed by atoms with E-state index < -0.39 is 0 Å². The summed E-state index contributed by atoms with van der Waals surface area (Å²) in [7, 11) is 0. The summed E-state index contributed by atoms with van der Waals surface area (Å²) in [5.74, 6) is 1.31. The topological polar surface area (TPSA) is 94.0 Å². The van der Waals surface area contributed by atoms with Crippen molar-refractivity contribution < 1.29 is 9.32 Å². The van der Waals surface area contributed by atoms with Crippen LogP contribution in [0.25, 0.3) is 11.5 Å². The van der Waals surface area contributed by atoms with Crippen molar-refractivity contribution in [3.63, 3.8) is 0 Å². The Kier molecular flexibility index (Phi) is 7.61. The maximum absolute atomic E-state index is 13.0. The maximum Gasteiger partial charge on any atom is 0.258 e. The van der Waals surface area contributed by atoms with Gasteiger partial charge in [0.15, 0.2) is 5.82 Å². The highest BCUT2D eigenvalue weighted by Crippen LogP contribution is 2.28. The molecule has 0 radical (unpaired) electrons. The predicted octanol–water partition coefficient (Wildman–Crippen LogP) is 4.09. The lowest BCUT2D eigenvalue weighted by molar-refractivity contribution is 0.0916. The Morgan fingerprint density at radius 3 is 2.54 bits per heavy atom. The monoisotopic (exact) mass is 406 g/mol. The number of nitrogens with two attached hydrogens (primary N) is 1. The molecule has 0 bridgehead atoms. The smallest absolute Gasteiger partial charge is 0.258 e. The van der Waals surface area contributed by atoms with Crippen LogP contribution in [0.4, 0.5) is 0 Å². The highest BCUT2D eigenvalue weighted by Gasteiger charge is 2.27. The van der Waals surface area contributed by atoms with Gasteiger partial charge in [-0.2, -0.15) is 4.98 Å². The van der Waals surface area contributed by atoms with E-state index >= 15 is 0 Å². The largest absolute Gasteiger partial charge is 0.348 e. The molecule has 6 nitrogen and oxygen atoms in total. The first-order valence-electron chi connectivity index (χ1n) is 9.84. The second-order valence-corrected chi connectivity index (χ2v) is 8.43. The van der Waals surface area contributed by atoms with Crippen LogP contribution in [0.2, 0.25) is 0 Å². The van der Waals surface area contributed by atoms with Gasteiger partial charge in [0.1, 0.15) is 0 Å². The summed E-state index contributed by atoms with van der Waals surface area (Å²) in [6.45, 7) is 6.52. The van der Waals surface area contributed by atoms with Gasteiger partial charge in [-0.25, -0.2) is 0 Å². The number of halogens is 1. The fourth-order valence-corrected chi connectivity index (χ4v) is 3.66. The molecule has 1 aliphatic carbocycles. The number of amides is 1. The Bertz CT molecular complexity index is 779. The van der Waals surface area contributed by atoms with Gasteiger partial charge in [0, 0.05) is 18.0 Å². The van der Waals surface area contributed by atoms with E-state index in [2.05, 4.69) is 15.5 Å². The molecule has 1 unspecified atom stereocenters. The molecular weight excluding hydrogens is 376 g/mol. The van der Waals surface area contributed by atoms with Crippen molar-refractivity contribution in [1.29, 1.82) is 0 Å². The summed E-state index contributed by atoms with van der Waals surface area (Å²) in [5, 5.41) is 7.22. The van der Waals surface area contributed by atoms with Crippen molar-refractivity contribution >= 4 is 18.3 Å². The number of aromatic nitrogens is 2. The maximum atomic E-state index is 13.0. The van der Waals surface area contributed by atoms with Gasteiger partial charge in [-0.1, -0.05) is 57.3 Å². The Balaban J connectivity index is 0.00000280.